The Morgan fingerprint density at radius 3 is 2.60 bits per heavy atom. The molecule has 0 aliphatic rings. The maximum atomic E-state index is 12.7. The Bertz CT molecular complexity index is 1220. The normalized spacial score (nSPS) is 10.9. The van der Waals surface area contributed by atoms with Gasteiger partial charge in [-0.1, -0.05) is 47.5 Å². The fourth-order valence-corrected chi connectivity index (χ4v) is 3.46. The molecule has 1 amide bonds. The van der Waals surface area contributed by atoms with Crippen LogP contribution in [0.5, 0.6) is 5.75 Å². The van der Waals surface area contributed by atoms with Gasteiger partial charge in [-0.3, -0.25) is 4.79 Å². The first kappa shape index (κ1) is 20.3. The van der Waals surface area contributed by atoms with Crippen molar-refractivity contribution < 1.29 is 9.53 Å². The molecule has 0 saturated carbocycles. The highest BCUT2D eigenvalue weighted by Crippen LogP contribution is 2.24. The van der Waals surface area contributed by atoms with Crippen molar-refractivity contribution in [3.8, 4) is 5.75 Å². The molecule has 0 fully saturated rings. The van der Waals surface area contributed by atoms with Crippen molar-refractivity contribution in [3.05, 3.63) is 88.2 Å². The summed E-state index contributed by atoms with van der Waals surface area (Å²) >= 11 is 12.2. The summed E-state index contributed by atoms with van der Waals surface area (Å²) in [6, 6.07) is 20.3. The number of ether oxygens (including phenoxy) is 1. The summed E-state index contributed by atoms with van der Waals surface area (Å²) < 4.78 is 7.77. The number of halogens is 2. The van der Waals surface area contributed by atoms with Crippen LogP contribution >= 0.6 is 23.2 Å². The van der Waals surface area contributed by atoms with Gasteiger partial charge in [-0.05, 0) is 55.0 Å². The number of nitrogens with zero attached hydrogens (tertiary/aromatic N) is 2. The number of hydrogen-bond donors (Lipinski definition) is 1. The molecule has 0 saturated heterocycles. The van der Waals surface area contributed by atoms with Crippen molar-refractivity contribution in [1.29, 1.82) is 0 Å². The van der Waals surface area contributed by atoms with Crippen LogP contribution in [0.2, 0.25) is 10.0 Å². The van der Waals surface area contributed by atoms with Crippen molar-refractivity contribution in [2.24, 2.45) is 0 Å². The molecule has 0 spiro atoms. The molecule has 1 aromatic heterocycles. The van der Waals surface area contributed by atoms with E-state index in [2.05, 4.69) is 10.3 Å². The molecule has 30 heavy (non-hydrogen) atoms. The maximum absolute atomic E-state index is 12.7. The van der Waals surface area contributed by atoms with Gasteiger partial charge in [0, 0.05) is 5.02 Å². The Morgan fingerprint density at radius 2 is 1.80 bits per heavy atom. The van der Waals surface area contributed by atoms with Gasteiger partial charge in [0.2, 0.25) is 5.91 Å². The molecule has 0 unspecified atom stereocenters. The molecule has 4 aromatic rings. The number of para-hydroxylation sites is 3. The first-order chi connectivity index (χ1) is 14.5. The minimum atomic E-state index is -0.199. The second-order valence-corrected chi connectivity index (χ2v) is 7.64. The summed E-state index contributed by atoms with van der Waals surface area (Å²) in [5, 5.41) is 4.03. The van der Waals surface area contributed by atoms with E-state index in [1.165, 1.54) is 0 Å². The molecule has 1 heterocycles. The first-order valence-corrected chi connectivity index (χ1v) is 10.1. The van der Waals surface area contributed by atoms with Crippen LogP contribution in [0.25, 0.3) is 11.0 Å². The van der Waals surface area contributed by atoms with E-state index in [0.29, 0.717) is 27.3 Å². The summed E-state index contributed by atoms with van der Waals surface area (Å²) in [5.41, 5.74) is 3.16. The molecule has 3 aromatic carbocycles. The fraction of sp³-hybridized carbons (Fsp3) is 0.130. The van der Waals surface area contributed by atoms with Crippen LogP contribution in [0, 0.1) is 6.92 Å². The number of hydrogen-bond acceptors (Lipinski definition) is 3. The lowest BCUT2D eigenvalue weighted by molar-refractivity contribution is -0.116. The minimum Gasteiger partial charge on any atom is -0.486 e. The smallest absolute Gasteiger partial charge is 0.244 e. The lowest BCUT2D eigenvalue weighted by Gasteiger charge is -2.12. The summed E-state index contributed by atoms with van der Waals surface area (Å²) in [6.45, 7) is 2.22. The standard InChI is InChI=1S/C23H19Cl2N3O2/c1-15-12-16(10-11-17(15)24)30-14-22-26-20-8-4-5-9-21(20)28(22)13-23(29)27-19-7-3-2-6-18(19)25/h2-12H,13-14H2,1H3,(H,27,29). The van der Waals surface area contributed by atoms with E-state index >= 15 is 0 Å². The number of aromatic nitrogens is 2. The van der Waals surface area contributed by atoms with E-state index < -0.39 is 0 Å². The van der Waals surface area contributed by atoms with Crippen molar-refractivity contribution in [2.75, 3.05) is 5.32 Å². The predicted molar refractivity (Wildman–Crippen MR) is 120 cm³/mol. The minimum absolute atomic E-state index is 0.0874. The van der Waals surface area contributed by atoms with Gasteiger partial charge in [0.15, 0.2) is 0 Å². The fourth-order valence-electron chi connectivity index (χ4n) is 3.16. The number of carbonyl (C=O) groups is 1. The Balaban J connectivity index is 1.57. The highest BCUT2D eigenvalue weighted by molar-refractivity contribution is 6.33. The molecule has 5 nitrogen and oxygen atoms in total. The summed E-state index contributed by atoms with van der Waals surface area (Å²) in [4.78, 5) is 17.4. The van der Waals surface area contributed by atoms with E-state index in [0.717, 1.165) is 16.6 Å². The van der Waals surface area contributed by atoms with E-state index in [1.54, 1.807) is 18.2 Å². The third-order valence-corrected chi connectivity index (χ3v) is 5.43. The van der Waals surface area contributed by atoms with Crippen molar-refractivity contribution in [2.45, 2.75) is 20.1 Å². The van der Waals surface area contributed by atoms with Gasteiger partial charge in [0.25, 0.3) is 0 Å². The Morgan fingerprint density at radius 1 is 1.03 bits per heavy atom. The topological polar surface area (TPSA) is 56.2 Å². The van der Waals surface area contributed by atoms with Crippen molar-refractivity contribution >= 4 is 45.8 Å². The van der Waals surface area contributed by atoms with Gasteiger partial charge in [0.05, 0.1) is 21.7 Å². The maximum Gasteiger partial charge on any atom is 0.244 e. The van der Waals surface area contributed by atoms with Crippen LogP contribution < -0.4 is 10.1 Å². The number of rotatable bonds is 6. The number of amides is 1. The predicted octanol–water partition coefficient (Wildman–Crippen LogP) is 5.87. The SMILES string of the molecule is Cc1cc(OCc2nc3ccccc3n2CC(=O)Nc2ccccc2Cl)ccc1Cl. The Kier molecular flexibility index (Phi) is 5.93. The zero-order valence-corrected chi connectivity index (χ0v) is 17.7. The van der Waals surface area contributed by atoms with Crippen LogP contribution in [0.15, 0.2) is 66.7 Å². The van der Waals surface area contributed by atoms with E-state index in [-0.39, 0.29) is 19.1 Å². The van der Waals surface area contributed by atoms with Gasteiger partial charge in [-0.15, -0.1) is 0 Å². The summed E-state index contributed by atoms with van der Waals surface area (Å²) in [7, 11) is 0. The molecular formula is C23H19Cl2N3O2. The molecule has 0 aliphatic carbocycles. The van der Waals surface area contributed by atoms with Crippen LogP contribution in [0.4, 0.5) is 5.69 Å². The van der Waals surface area contributed by atoms with Crippen LogP contribution in [-0.2, 0) is 17.9 Å². The van der Waals surface area contributed by atoms with E-state index in [1.807, 2.05) is 60.0 Å². The Labute approximate surface area is 184 Å². The molecule has 0 radical (unpaired) electrons. The molecule has 0 bridgehead atoms. The molecule has 152 valence electrons. The average molecular weight is 440 g/mol. The number of benzene rings is 3. The molecule has 0 atom stereocenters. The summed E-state index contributed by atoms with van der Waals surface area (Å²) in [5.74, 6) is 1.14. The van der Waals surface area contributed by atoms with Gasteiger partial charge in [-0.25, -0.2) is 4.98 Å². The van der Waals surface area contributed by atoms with Gasteiger partial charge < -0.3 is 14.6 Å². The molecule has 0 aliphatic heterocycles. The van der Waals surface area contributed by atoms with Gasteiger partial charge >= 0.3 is 0 Å². The number of imidazole rings is 1. The molecule has 7 heteroatoms. The quantitative estimate of drug-likeness (QED) is 0.408. The second kappa shape index (κ2) is 8.78. The van der Waals surface area contributed by atoms with Crippen LogP contribution in [0.3, 0.4) is 0 Å². The number of fused-ring (bicyclic) bond motifs is 1. The third kappa shape index (κ3) is 4.42. The van der Waals surface area contributed by atoms with E-state index in [4.69, 9.17) is 27.9 Å². The summed E-state index contributed by atoms with van der Waals surface area (Å²) in [6.07, 6.45) is 0. The Hall–Kier alpha value is -3.02. The third-order valence-electron chi connectivity index (χ3n) is 4.68. The highest BCUT2D eigenvalue weighted by atomic mass is 35.5. The number of aryl methyl sites for hydroxylation is 1. The lowest BCUT2D eigenvalue weighted by Crippen LogP contribution is -2.21. The van der Waals surface area contributed by atoms with Gasteiger partial charge in [0.1, 0.15) is 24.7 Å². The second-order valence-electron chi connectivity index (χ2n) is 6.83. The molecular weight excluding hydrogens is 421 g/mol. The molecule has 1 N–H and O–H groups in total. The number of nitrogens with one attached hydrogen (secondary N) is 1. The largest absolute Gasteiger partial charge is 0.486 e. The molecule has 4 rings (SSSR count). The van der Waals surface area contributed by atoms with Crippen molar-refractivity contribution in [3.63, 3.8) is 0 Å². The zero-order valence-electron chi connectivity index (χ0n) is 16.2. The lowest BCUT2D eigenvalue weighted by atomic mass is 10.2. The van der Waals surface area contributed by atoms with E-state index in [9.17, 15) is 4.79 Å². The number of anilines is 1. The van der Waals surface area contributed by atoms with Gasteiger partial charge in [-0.2, -0.15) is 0 Å². The number of carbonyl (C=O) groups excluding carboxylic acids is 1. The zero-order chi connectivity index (χ0) is 21.1. The first-order valence-electron chi connectivity index (χ1n) is 9.39. The highest BCUT2D eigenvalue weighted by Gasteiger charge is 2.15. The van der Waals surface area contributed by atoms with Crippen LogP contribution in [-0.4, -0.2) is 15.5 Å². The van der Waals surface area contributed by atoms with Crippen LogP contribution in [0.1, 0.15) is 11.4 Å². The average Bonchev–Trinajstić information content (AvgIpc) is 3.08. The van der Waals surface area contributed by atoms with Crippen molar-refractivity contribution in [1.82, 2.24) is 9.55 Å². The monoisotopic (exact) mass is 439 g/mol.